The van der Waals surface area contributed by atoms with Crippen LogP contribution in [0.4, 0.5) is 0 Å². The number of aryl methyl sites for hydroxylation is 1. The number of carbonyl (C=O) groups excluding carboxylic acids is 2. The molecule has 0 spiro atoms. The highest BCUT2D eigenvalue weighted by Crippen LogP contribution is 2.12. The Morgan fingerprint density at radius 1 is 0.905 bits per heavy atom. The summed E-state index contributed by atoms with van der Waals surface area (Å²) < 4.78 is 33.4. The van der Waals surface area contributed by atoms with Crippen LogP contribution in [0, 0.1) is 5.41 Å². The zero-order valence-corrected chi connectivity index (χ0v) is 24.2. The molecule has 0 saturated carbocycles. The first-order chi connectivity index (χ1) is 20.0. The van der Waals surface area contributed by atoms with Gasteiger partial charge in [0.05, 0.1) is 12.3 Å². The lowest BCUT2D eigenvalue weighted by atomic mass is 10.1. The van der Waals surface area contributed by atoms with Gasteiger partial charge in [-0.2, -0.15) is 0 Å². The van der Waals surface area contributed by atoms with Crippen molar-refractivity contribution >= 4 is 27.7 Å². The van der Waals surface area contributed by atoms with Crippen LogP contribution in [0.15, 0.2) is 78.9 Å². The molecule has 0 fully saturated rings. The molecule has 0 heterocycles. The van der Waals surface area contributed by atoms with Crippen molar-refractivity contribution in [2.45, 2.75) is 43.9 Å². The van der Waals surface area contributed by atoms with Crippen molar-refractivity contribution in [3.8, 4) is 0 Å². The number of carbonyl (C=O) groups is 2. The number of hydrogen-bond donors (Lipinski definition) is 6. The fourth-order valence-corrected chi connectivity index (χ4v) is 5.46. The van der Waals surface area contributed by atoms with Gasteiger partial charge < -0.3 is 26.2 Å². The zero-order valence-electron chi connectivity index (χ0n) is 23.4. The minimum atomic E-state index is -3.93. The predicted molar refractivity (Wildman–Crippen MR) is 160 cm³/mol. The van der Waals surface area contributed by atoms with Gasteiger partial charge in [0.1, 0.15) is 11.9 Å². The Labute approximate surface area is 246 Å². The van der Waals surface area contributed by atoms with E-state index in [2.05, 4.69) is 15.4 Å². The van der Waals surface area contributed by atoms with Crippen LogP contribution in [0.25, 0.3) is 0 Å². The molecule has 3 aromatic carbocycles. The number of nitrogens with two attached hydrogens (primary N) is 1. The second-order valence-corrected chi connectivity index (χ2v) is 11.5. The molecule has 0 saturated heterocycles. The molecule has 11 nitrogen and oxygen atoms in total. The number of nitrogen functional groups attached to an aromatic ring is 1. The van der Waals surface area contributed by atoms with E-state index in [4.69, 9.17) is 15.9 Å². The van der Waals surface area contributed by atoms with E-state index in [0.717, 1.165) is 16.7 Å². The summed E-state index contributed by atoms with van der Waals surface area (Å²) in [6.07, 6.45) is -0.0528. The average molecular weight is 596 g/mol. The van der Waals surface area contributed by atoms with Crippen LogP contribution in [0.2, 0.25) is 0 Å². The summed E-state index contributed by atoms with van der Waals surface area (Å²) in [7, 11) is -2.53. The van der Waals surface area contributed by atoms with Gasteiger partial charge in [0.25, 0.3) is 0 Å². The number of sulfonamides is 1. The van der Waals surface area contributed by atoms with Crippen molar-refractivity contribution in [3.63, 3.8) is 0 Å². The molecule has 0 aliphatic carbocycles. The maximum Gasteiger partial charge on any atom is 0.239 e. The molecule has 0 bridgehead atoms. The van der Waals surface area contributed by atoms with Crippen LogP contribution in [0.1, 0.15) is 34.2 Å². The van der Waals surface area contributed by atoms with Gasteiger partial charge >= 0.3 is 0 Å². The first kappa shape index (κ1) is 32.4. The minimum absolute atomic E-state index is 0.0534. The summed E-state index contributed by atoms with van der Waals surface area (Å²) in [5.41, 5.74) is 9.04. The first-order valence-electron chi connectivity index (χ1n) is 13.3. The molecule has 224 valence electrons. The van der Waals surface area contributed by atoms with E-state index in [0.29, 0.717) is 17.5 Å². The highest BCUT2D eigenvalue weighted by atomic mass is 32.2. The molecular formula is C30H37N5O6S. The summed E-state index contributed by atoms with van der Waals surface area (Å²) in [6, 6.07) is 21.8. The molecule has 7 N–H and O–H groups in total. The second-order valence-electron chi connectivity index (χ2n) is 9.77. The van der Waals surface area contributed by atoms with E-state index < -0.39 is 34.2 Å². The van der Waals surface area contributed by atoms with Gasteiger partial charge in [0, 0.05) is 25.6 Å². The van der Waals surface area contributed by atoms with Crippen molar-refractivity contribution in [2.75, 3.05) is 13.7 Å². The molecule has 2 amide bonds. The monoisotopic (exact) mass is 595 g/mol. The zero-order chi connectivity index (χ0) is 30.5. The smallest absolute Gasteiger partial charge is 0.239 e. The summed E-state index contributed by atoms with van der Waals surface area (Å²) in [5, 5.41) is 22.3. The standard InChI is InChI=1S/C30H37N5O6S/c1-41-28(37)17-22-7-9-24(10-8-22)20-42(39,40)35-26(16-13-21-5-3-2-4-6-21)30(38)34-19-27(36)33-18-23-11-14-25(15-12-23)29(31)32/h2-12,14-15,26,28,35,37H,13,16-20H2,1H3,(H3,31,32)(H,33,36)(H,34,38)/t26-,28?/m1/s1. The number of amidine groups is 1. The second kappa shape index (κ2) is 15.8. The lowest BCUT2D eigenvalue weighted by Gasteiger charge is -2.19. The van der Waals surface area contributed by atoms with Crippen LogP contribution < -0.4 is 21.1 Å². The number of amides is 2. The van der Waals surface area contributed by atoms with Crippen molar-refractivity contribution in [3.05, 3.63) is 107 Å². The van der Waals surface area contributed by atoms with Crippen LogP contribution in [-0.4, -0.2) is 57.2 Å². The number of rotatable bonds is 16. The molecule has 3 rings (SSSR count). The number of ether oxygens (including phenoxy) is 1. The summed E-state index contributed by atoms with van der Waals surface area (Å²) in [4.78, 5) is 25.5. The number of methoxy groups -OCH3 is 1. The third-order valence-corrected chi connectivity index (χ3v) is 7.80. The van der Waals surface area contributed by atoms with Crippen LogP contribution in [0.3, 0.4) is 0 Å². The third kappa shape index (κ3) is 11.1. The highest BCUT2D eigenvalue weighted by molar-refractivity contribution is 7.88. The maximum atomic E-state index is 13.1. The van der Waals surface area contributed by atoms with Crippen molar-refractivity contribution < 1.29 is 27.9 Å². The lowest BCUT2D eigenvalue weighted by molar-refractivity contribution is -0.127. The van der Waals surface area contributed by atoms with Crippen molar-refractivity contribution in [1.82, 2.24) is 15.4 Å². The Morgan fingerprint density at radius 3 is 2.14 bits per heavy atom. The third-order valence-electron chi connectivity index (χ3n) is 6.44. The van der Waals surface area contributed by atoms with E-state index in [1.807, 2.05) is 30.3 Å². The van der Waals surface area contributed by atoms with Crippen LogP contribution in [0.5, 0.6) is 0 Å². The van der Waals surface area contributed by atoms with Gasteiger partial charge in [-0.05, 0) is 35.1 Å². The Balaban J connectivity index is 1.59. The van der Waals surface area contributed by atoms with Gasteiger partial charge in [-0.15, -0.1) is 0 Å². The summed E-state index contributed by atoms with van der Waals surface area (Å²) in [6.45, 7) is -0.122. The topological polar surface area (TPSA) is 184 Å². The minimum Gasteiger partial charge on any atom is -0.384 e. The molecule has 42 heavy (non-hydrogen) atoms. The maximum absolute atomic E-state index is 13.1. The molecule has 3 aromatic rings. The van der Waals surface area contributed by atoms with Gasteiger partial charge in [0.15, 0.2) is 6.29 Å². The Hall–Kier alpha value is -4.10. The largest absolute Gasteiger partial charge is 0.384 e. The van der Waals surface area contributed by atoms with Crippen molar-refractivity contribution in [2.24, 2.45) is 5.73 Å². The van der Waals surface area contributed by atoms with Gasteiger partial charge in [-0.3, -0.25) is 15.0 Å². The van der Waals surface area contributed by atoms with E-state index in [1.54, 1.807) is 48.5 Å². The summed E-state index contributed by atoms with van der Waals surface area (Å²) >= 11 is 0. The van der Waals surface area contributed by atoms with Crippen LogP contribution in [-0.2, 0) is 49.5 Å². The van der Waals surface area contributed by atoms with E-state index in [-0.39, 0.29) is 37.5 Å². The molecule has 0 aliphatic heterocycles. The fourth-order valence-electron chi connectivity index (χ4n) is 4.09. The Kier molecular flexibility index (Phi) is 12.2. The van der Waals surface area contributed by atoms with Crippen LogP contribution >= 0.6 is 0 Å². The normalized spacial score (nSPS) is 12.7. The van der Waals surface area contributed by atoms with E-state index in [9.17, 15) is 23.1 Å². The molecule has 0 aliphatic rings. The number of hydrogen-bond acceptors (Lipinski definition) is 7. The number of nitrogens with one attached hydrogen (secondary N) is 4. The SMILES string of the molecule is COC(O)Cc1ccc(CS(=O)(=O)N[C@H](CCc2ccccc2)C(=O)NCC(=O)NCc2ccc(C(=N)N)cc2)cc1. The van der Waals surface area contributed by atoms with Crippen molar-refractivity contribution in [1.29, 1.82) is 5.41 Å². The van der Waals surface area contributed by atoms with Gasteiger partial charge in [0.2, 0.25) is 21.8 Å². The quantitative estimate of drug-likeness (QED) is 0.0820. The molecule has 0 aromatic heterocycles. The van der Waals surface area contributed by atoms with Gasteiger partial charge in [-0.1, -0.05) is 78.9 Å². The average Bonchev–Trinajstić information content (AvgIpc) is 2.98. The number of aliphatic hydroxyl groups excluding tert-OH is 1. The van der Waals surface area contributed by atoms with E-state index in [1.165, 1.54) is 7.11 Å². The number of aliphatic hydroxyl groups is 1. The lowest BCUT2D eigenvalue weighted by Crippen LogP contribution is -2.49. The Morgan fingerprint density at radius 2 is 1.52 bits per heavy atom. The Bertz CT molecular complexity index is 1430. The number of benzene rings is 3. The highest BCUT2D eigenvalue weighted by Gasteiger charge is 2.25. The molecule has 12 heteroatoms. The molecule has 2 atom stereocenters. The first-order valence-corrected chi connectivity index (χ1v) is 15.0. The van der Waals surface area contributed by atoms with Gasteiger partial charge in [-0.25, -0.2) is 13.1 Å². The van der Waals surface area contributed by atoms with E-state index >= 15 is 0 Å². The summed E-state index contributed by atoms with van der Waals surface area (Å²) in [5.74, 6) is -1.46. The fraction of sp³-hybridized carbons (Fsp3) is 0.300. The predicted octanol–water partition coefficient (Wildman–Crippen LogP) is 1.33. The molecular weight excluding hydrogens is 558 g/mol. The molecule has 0 radical (unpaired) electrons. The molecule has 1 unspecified atom stereocenters.